The third-order valence-electron chi connectivity index (χ3n) is 3.43. The van der Waals surface area contributed by atoms with Crippen molar-refractivity contribution in [1.82, 2.24) is 0 Å². The number of amides is 1. The molecule has 0 aliphatic rings. The number of halogens is 1. The van der Waals surface area contributed by atoms with Crippen molar-refractivity contribution in [3.05, 3.63) is 70.6 Å². The standard InChI is InChI=1S/C18H15ClN2O3S2/c1-26(23,24)21-15-5-3-2-4-14(15)20-18(22)17-11-10-16(25-17)12-6-8-13(19)9-7-12/h2-11,21H,1H3,(H,20,22). The minimum Gasteiger partial charge on any atom is -0.319 e. The summed E-state index contributed by atoms with van der Waals surface area (Å²) in [6, 6.07) is 17.6. The Labute approximate surface area is 160 Å². The van der Waals surface area contributed by atoms with Gasteiger partial charge in [0, 0.05) is 9.90 Å². The lowest BCUT2D eigenvalue weighted by Gasteiger charge is -2.11. The molecule has 0 saturated carbocycles. The Morgan fingerprint density at radius 1 is 0.962 bits per heavy atom. The SMILES string of the molecule is CS(=O)(=O)Nc1ccccc1NC(=O)c1ccc(-c2ccc(Cl)cc2)s1. The van der Waals surface area contributed by atoms with Crippen LogP contribution in [0, 0.1) is 0 Å². The normalized spacial score (nSPS) is 11.2. The summed E-state index contributed by atoms with van der Waals surface area (Å²) in [5, 5.41) is 3.40. The number of anilines is 2. The summed E-state index contributed by atoms with van der Waals surface area (Å²) in [6.07, 6.45) is 1.06. The average molecular weight is 407 g/mol. The first-order valence-electron chi connectivity index (χ1n) is 7.56. The van der Waals surface area contributed by atoms with E-state index < -0.39 is 10.0 Å². The third kappa shape index (κ3) is 4.63. The lowest BCUT2D eigenvalue weighted by atomic mass is 10.2. The predicted octanol–water partition coefficient (Wildman–Crippen LogP) is 4.69. The van der Waals surface area contributed by atoms with E-state index in [4.69, 9.17) is 11.6 Å². The fraction of sp³-hybridized carbons (Fsp3) is 0.0556. The molecule has 3 aromatic rings. The molecule has 3 rings (SSSR count). The van der Waals surface area contributed by atoms with Crippen LogP contribution in [0.15, 0.2) is 60.7 Å². The number of carbonyl (C=O) groups is 1. The van der Waals surface area contributed by atoms with Gasteiger partial charge in [-0.1, -0.05) is 35.9 Å². The molecule has 0 spiro atoms. The first-order valence-corrected chi connectivity index (χ1v) is 10.6. The number of thiophene rings is 1. The van der Waals surface area contributed by atoms with E-state index in [0.717, 1.165) is 16.7 Å². The maximum Gasteiger partial charge on any atom is 0.265 e. The average Bonchev–Trinajstić information content (AvgIpc) is 3.06. The first kappa shape index (κ1) is 18.4. The number of carbonyl (C=O) groups excluding carboxylic acids is 1. The van der Waals surface area contributed by atoms with E-state index in [1.54, 1.807) is 42.5 Å². The molecular formula is C18H15ClN2O3S2. The van der Waals surface area contributed by atoms with Crippen LogP contribution in [0.25, 0.3) is 10.4 Å². The molecule has 26 heavy (non-hydrogen) atoms. The van der Waals surface area contributed by atoms with Gasteiger partial charge in [-0.2, -0.15) is 0 Å². The highest BCUT2D eigenvalue weighted by Gasteiger charge is 2.14. The molecule has 0 saturated heterocycles. The molecule has 5 nitrogen and oxygen atoms in total. The first-order chi connectivity index (χ1) is 12.3. The fourth-order valence-electron chi connectivity index (χ4n) is 2.29. The Bertz CT molecular complexity index is 1040. The summed E-state index contributed by atoms with van der Waals surface area (Å²) in [6.45, 7) is 0. The summed E-state index contributed by atoms with van der Waals surface area (Å²) < 4.78 is 25.3. The summed E-state index contributed by atoms with van der Waals surface area (Å²) in [5.41, 5.74) is 1.68. The van der Waals surface area contributed by atoms with Crippen LogP contribution in [0.1, 0.15) is 9.67 Å². The summed E-state index contributed by atoms with van der Waals surface area (Å²) in [7, 11) is -3.45. The smallest absolute Gasteiger partial charge is 0.265 e. The zero-order chi connectivity index (χ0) is 18.7. The number of sulfonamides is 1. The molecule has 134 valence electrons. The Hall–Kier alpha value is -2.35. The van der Waals surface area contributed by atoms with Crippen LogP contribution >= 0.6 is 22.9 Å². The van der Waals surface area contributed by atoms with Crippen molar-refractivity contribution in [2.24, 2.45) is 0 Å². The van der Waals surface area contributed by atoms with Crippen molar-refractivity contribution in [3.63, 3.8) is 0 Å². The largest absolute Gasteiger partial charge is 0.319 e. The van der Waals surface area contributed by atoms with Gasteiger partial charge in [0.15, 0.2) is 0 Å². The number of hydrogen-bond donors (Lipinski definition) is 2. The number of para-hydroxylation sites is 2. The van der Waals surface area contributed by atoms with E-state index in [0.29, 0.717) is 21.3 Å². The van der Waals surface area contributed by atoms with Crippen molar-refractivity contribution in [3.8, 4) is 10.4 Å². The van der Waals surface area contributed by atoms with Crippen LogP contribution in [0.3, 0.4) is 0 Å². The highest BCUT2D eigenvalue weighted by atomic mass is 35.5. The number of rotatable bonds is 5. The van der Waals surface area contributed by atoms with Gasteiger partial charge in [0.05, 0.1) is 22.5 Å². The molecule has 0 unspecified atom stereocenters. The molecular weight excluding hydrogens is 392 g/mol. The van der Waals surface area contributed by atoms with Crippen molar-refractivity contribution in [2.75, 3.05) is 16.3 Å². The topological polar surface area (TPSA) is 75.3 Å². The third-order valence-corrected chi connectivity index (χ3v) is 5.40. The van der Waals surface area contributed by atoms with Crippen LogP contribution < -0.4 is 10.0 Å². The van der Waals surface area contributed by atoms with Crippen molar-refractivity contribution < 1.29 is 13.2 Å². The lowest BCUT2D eigenvalue weighted by molar-refractivity contribution is 0.103. The van der Waals surface area contributed by atoms with Gasteiger partial charge in [-0.3, -0.25) is 9.52 Å². The number of hydrogen-bond acceptors (Lipinski definition) is 4. The van der Waals surface area contributed by atoms with Gasteiger partial charge in [0.25, 0.3) is 5.91 Å². The zero-order valence-electron chi connectivity index (χ0n) is 13.7. The molecule has 0 atom stereocenters. The van der Waals surface area contributed by atoms with Gasteiger partial charge in [-0.25, -0.2) is 8.42 Å². The van der Waals surface area contributed by atoms with Gasteiger partial charge in [-0.15, -0.1) is 11.3 Å². The van der Waals surface area contributed by atoms with Crippen molar-refractivity contribution >= 4 is 50.2 Å². The molecule has 0 aliphatic heterocycles. The van der Waals surface area contributed by atoms with E-state index in [-0.39, 0.29) is 5.91 Å². The van der Waals surface area contributed by atoms with E-state index in [2.05, 4.69) is 10.0 Å². The molecule has 2 N–H and O–H groups in total. The number of nitrogens with one attached hydrogen (secondary N) is 2. The van der Waals surface area contributed by atoms with E-state index in [1.165, 1.54) is 11.3 Å². The van der Waals surface area contributed by atoms with Crippen LogP contribution in [0.2, 0.25) is 5.02 Å². The minimum absolute atomic E-state index is 0.307. The Kier molecular flexibility index (Phi) is 5.31. The van der Waals surface area contributed by atoms with Crippen LogP contribution in [-0.2, 0) is 10.0 Å². The quantitative estimate of drug-likeness (QED) is 0.645. The van der Waals surface area contributed by atoms with Gasteiger partial charge in [0.1, 0.15) is 0 Å². The van der Waals surface area contributed by atoms with Crippen molar-refractivity contribution in [2.45, 2.75) is 0 Å². The lowest BCUT2D eigenvalue weighted by Crippen LogP contribution is -2.15. The molecule has 1 aromatic heterocycles. The summed E-state index contributed by atoms with van der Waals surface area (Å²) in [5.74, 6) is -0.307. The molecule has 8 heteroatoms. The molecule has 1 amide bonds. The fourth-order valence-corrected chi connectivity index (χ4v) is 3.90. The van der Waals surface area contributed by atoms with Gasteiger partial charge < -0.3 is 5.32 Å². The maximum atomic E-state index is 12.5. The Morgan fingerprint density at radius 3 is 2.27 bits per heavy atom. The Balaban J connectivity index is 1.80. The molecule has 2 aromatic carbocycles. The summed E-state index contributed by atoms with van der Waals surface area (Å²) in [4.78, 5) is 14.0. The predicted molar refractivity (Wildman–Crippen MR) is 108 cm³/mol. The monoisotopic (exact) mass is 406 g/mol. The molecule has 0 fully saturated rings. The molecule has 0 bridgehead atoms. The minimum atomic E-state index is -3.45. The molecule has 0 radical (unpaired) electrons. The molecule has 1 heterocycles. The van der Waals surface area contributed by atoms with Crippen LogP contribution in [0.4, 0.5) is 11.4 Å². The van der Waals surface area contributed by atoms with Crippen LogP contribution in [-0.4, -0.2) is 20.6 Å². The van der Waals surface area contributed by atoms with Crippen LogP contribution in [0.5, 0.6) is 0 Å². The van der Waals surface area contributed by atoms with E-state index in [9.17, 15) is 13.2 Å². The second-order valence-corrected chi connectivity index (χ2v) is 8.81. The van der Waals surface area contributed by atoms with E-state index >= 15 is 0 Å². The summed E-state index contributed by atoms with van der Waals surface area (Å²) >= 11 is 7.24. The van der Waals surface area contributed by atoms with Crippen molar-refractivity contribution in [1.29, 1.82) is 0 Å². The van der Waals surface area contributed by atoms with Gasteiger partial charge >= 0.3 is 0 Å². The zero-order valence-corrected chi connectivity index (χ0v) is 16.1. The Morgan fingerprint density at radius 2 is 1.62 bits per heavy atom. The highest BCUT2D eigenvalue weighted by molar-refractivity contribution is 7.92. The number of benzene rings is 2. The molecule has 0 aliphatic carbocycles. The highest BCUT2D eigenvalue weighted by Crippen LogP contribution is 2.30. The van der Waals surface area contributed by atoms with E-state index in [1.807, 2.05) is 18.2 Å². The second kappa shape index (κ2) is 7.49. The van der Waals surface area contributed by atoms with Gasteiger partial charge in [0.2, 0.25) is 10.0 Å². The maximum absolute atomic E-state index is 12.5. The second-order valence-electron chi connectivity index (χ2n) is 5.54. The van der Waals surface area contributed by atoms with Gasteiger partial charge in [-0.05, 0) is 42.0 Å².